The van der Waals surface area contributed by atoms with E-state index < -0.39 is 0 Å². The molecular formula is C10H17N3O. The van der Waals surface area contributed by atoms with Crippen molar-refractivity contribution in [3.63, 3.8) is 0 Å². The summed E-state index contributed by atoms with van der Waals surface area (Å²) in [5, 5.41) is 3.33. The van der Waals surface area contributed by atoms with Crippen LogP contribution in [-0.2, 0) is 6.54 Å². The summed E-state index contributed by atoms with van der Waals surface area (Å²) < 4.78 is 4.92. The lowest BCUT2D eigenvalue weighted by Gasteiger charge is -2.19. The number of hydrogen-bond acceptors (Lipinski definition) is 4. The van der Waals surface area contributed by atoms with E-state index in [2.05, 4.69) is 36.1 Å². The Labute approximate surface area is 84.7 Å². The lowest BCUT2D eigenvalue weighted by Crippen LogP contribution is -2.35. The van der Waals surface area contributed by atoms with Gasteiger partial charge in [-0.15, -0.1) is 0 Å². The first-order chi connectivity index (χ1) is 6.51. The fourth-order valence-corrected chi connectivity index (χ4v) is 0.895. The Morgan fingerprint density at radius 3 is 2.43 bits per heavy atom. The van der Waals surface area contributed by atoms with E-state index in [1.165, 1.54) is 0 Å². The van der Waals surface area contributed by atoms with Crippen LogP contribution >= 0.6 is 0 Å². The Hall–Kier alpha value is -1.16. The molecule has 0 atom stereocenters. The van der Waals surface area contributed by atoms with Gasteiger partial charge in [0.2, 0.25) is 5.88 Å². The molecule has 0 saturated heterocycles. The van der Waals surface area contributed by atoms with Crippen LogP contribution in [0.1, 0.15) is 26.5 Å². The lowest BCUT2D eigenvalue weighted by molar-refractivity contribution is 0.392. The molecule has 1 rings (SSSR count). The van der Waals surface area contributed by atoms with Crippen molar-refractivity contribution in [2.24, 2.45) is 0 Å². The molecule has 78 valence electrons. The van der Waals surface area contributed by atoms with Gasteiger partial charge in [0.1, 0.15) is 0 Å². The first-order valence-electron chi connectivity index (χ1n) is 4.61. The summed E-state index contributed by atoms with van der Waals surface area (Å²) in [7, 11) is 1.58. The molecule has 4 nitrogen and oxygen atoms in total. The first kappa shape index (κ1) is 10.9. The topological polar surface area (TPSA) is 47.0 Å². The van der Waals surface area contributed by atoms with Crippen LogP contribution in [-0.4, -0.2) is 22.6 Å². The van der Waals surface area contributed by atoms with Gasteiger partial charge in [-0.3, -0.25) is 4.98 Å². The van der Waals surface area contributed by atoms with Crippen molar-refractivity contribution in [2.45, 2.75) is 32.9 Å². The Kier molecular flexibility index (Phi) is 3.41. The van der Waals surface area contributed by atoms with Crippen LogP contribution in [0.3, 0.4) is 0 Å². The second kappa shape index (κ2) is 4.37. The normalized spacial score (nSPS) is 11.4. The molecule has 0 aliphatic heterocycles. The molecule has 0 bridgehead atoms. The predicted octanol–water partition coefficient (Wildman–Crippen LogP) is 1.37. The fraction of sp³-hybridized carbons (Fsp3) is 0.600. The van der Waals surface area contributed by atoms with E-state index in [-0.39, 0.29) is 5.54 Å². The van der Waals surface area contributed by atoms with Gasteiger partial charge in [-0.1, -0.05) is 0 Å². The summed E-state index contributed by atoms with van der Waals surface area (Å²) in [5.41, 5.74) is 1.02. The Morgan fingerprint density at radius 2 is 2.00 bits per heavy atom. The van der Waals surface area contributed by atoms with Gasteiger partial charge in [0.25, 0.3) is 0 Å². The molecule has 0 amide bonds. The molecule has 0 aliphatic rings. The SMILES string of the molecule is COc1cnc(CNC(C)(C)C)cn1. The zero-order valence-corrected chi connectivity index (χ0v) is 9.16. The van der Waals surface area contributed by atoms with E-state index in [0.29, 0.717) is 5.88 Å². The molecule has 0 radical (unpaired) electrons. The molecule has 0 spiro atoms. The van der Waals surface area contributed by atoms with Gasteiger partial charge in [0, 0.05) is 12.1 Å². The van der Waals surface area contributed by atoms with Crippen molar-refractivity contribution in [3.05, 3.63) is 18.1 Å². The fourth-order valence-electron chi connectivity index (χ4n) is 0.895. The summed E-state index contributed by atoms with van der Waals surface area (Å²) in [5.74, 6) is 0.546. The van der Waals surface area contributed by atoms with Crippen LogP contribution in [0.5, 0.6) is 5.88 Å². The van der Waals surface area contributed by atoms with Crippen LogP contribution in [0.15, 0.2) is 12.4 Å². The van der Waals surface area contributed by atoms with E-state index in [1.54, 1.807) is 19.5 Å². The van der Waals surface area contributed by atoms with E-state index in [9.17, 15) is 0 Å². The van der Waals surface area contributed by atoms with Crippen LogP contribution in [0.25, 0.3) is 0 Å². The summed E-state index contributed by atoms with van der Waals surface area (Å²) in [6.07, 6.45) is 3.34. The van der Waals surface area contributed by atoms with Crippen molar-refractivity contribution in [2.75, 3.05) is 7.11 Å². The Bertz CT molecular complexity index is 276. The average molecular weight is 195 g/mol. The summed E-state index contributed by atoms with van der Waals surface area (Å²) >= 11 is 0. The standard InChI is InChI=1S/C10H17N3O/c1-10(2,3)13-6-8-5-12-9(14-4)7-11-8/h5,7,13H,6H2,1-4H3. The number of rotatable bonds is 3. The van der Waals surface area contributed by atoms with Gasteiger partial charge in [0.15, 0.2) is 0 Å². The van der Waals surface area contributed by atoms with Crippen molar-refractivity contribution < 1.29 is 4.74 Å². The molecule has 0 saturated carbocycles. The second-order valence-electron chi connectivity index (χ2n) is 4.15. The minimum absolute atomic E-state index is 0.0988. The summed E-state index contributed by atoms with van der Waals surface area (Å²) in [4.78, 5) is 8.28. The van der Waals surface area contributed by atoms with Gasteiger partial charge < -0.3 is 10.1 Å². The number of ether oxygens (including phenoxy) is 1. The van der Waals surface area contributed by atoms with E-state index >= 15 is 0 Å². The quantitative estimate of drug-likeness (QED) is 0.791. The summed E-state index contributed by atoms with van der Waals surface area (Å²) in [6.45, 7) is 7.07. The molecule has 0 aliphatic carbocycles. The third kappa shape index (κ3) is 3.70. The monoisotopic (exact) mass is 195 g/mol. The van der Waals surface area contributed by atoms with E-state index in [1.807, 2.05) is 0 Å². The minimum atomic E-state index is 0.0988. The van der Waals surface area contributed by atoms with Crippen molar-refractivity contribution in [1.82, 2.24) is 15.3 Å². The van der Waals surface area contributed by atoms with E-state index in [4.69, 9.17) is 4.74 Å². The first-order valence-corrected chi connectivity index (χ1v) is 4.61. The number of methoxy groups -OCH3 is 1. The third-order valence-corrected chi connectivity index (χ3v) is 1.69. The maximum absolute atomic E-state index is 4.92. The van der Waals surface area contributed by atoms with Crippen LogP contribution in [0, 0.1) is 0 Å². The molecule has 0 fully saturated rings. The zero-order chi connectivity index (χ0) is 10.6. The van der Waals surface area contributed by atoms with Crippen molar-refractivity contribution >= 4 is 0 Å². The van der Waals surface area contributed by atoms with Crippen LogP contribution in [0.2, 0.25) is 0 Å². The predicted molar refractivity (Wildman–Crippen MR) is 55.2 cm³/mol. The zero-order valence-electron chi connectivity index (χ0n) is 9.16. The molecule has 4 heteroatoms. The highest BCUT2D eigenvalue weighted by molar-refractivity contribution is 5.06. The number of aromatic nitrogens is 2. The molecule has 1 aromatic rings. The molecular weight excluding hydrogens is 178 g/mol. The van der Waals surface area contributed by atoms with Crippen LogP contribution in [0.4, 0.5) is 0 Å². The molecule has 0 aromatic carbocycles. The molecule has 1 aromatic heterocycles. The second-order valence-corrected chi connectivity index (χ2v) is 4.15. The third-order valence-electron chi connectivity index (χ3n) is 1.69. The number of nitrogens with zero attached hydrogens (tertiary/aromatic N) is 2. The summed E-state index contributed by atoms with van der Waals surface area (Å²) in [6, 6.07) is 0. The number of nitrogens with one attached hydrogen (secondary N) is 1. The van der Waals surface area contributed by atoms with E-state index in [0.717, 1.165) is 12.2 Å². The maximum Gasteiger partial charge on any atom is 0.231 e. The highest BCUT2D eigenvalue weighted by Gasteiger charge is 2.08. The van der Waals surface area contributed by atoms with Gasteiger partial charge in [-0.05, 0) is 20.8 Å². The highest BCUT2D eigenvalue weighted by Crippen LogP contribution is 2.04. The van der Waals surface area contributed by atoms with Crippen molar-refractivity contribution in [3.8, 4) is 5.88 Å². The lowest BCUT2D eigenvalue weighted by atomic mass is 10.1. The van der Waals surface area contributed by atoms with Crippen molar-refractivity contribution in [1.29, 1.82) is 0 Å². The van der Waals surface area contributed by atoms with Gasteiger partial charge in [-0.25, -0.2) is 4.98 Å². The molecule has 1 N–H and O–H groups in total. The molecule has 1 heterocycles. The van der Waals surface area contributed by atoms with Crippen LogP contribution < -0.4 is 10.1 Å². The Balaban J connectivity index is 2.52. The molecule has 0 unspecified atom stereocenters. The largest absolute Gasteiger partial charge is 0.480 e. The van der Waals surface area contributed by atoms with Gasteiger partial charge >= 0.3 is 0 Å². The van der Waals surface area contributed by atoms with Gasteiger partial charge in [-0.2, -0.15) is 0 Å². The molecule has 14 heavy (non-hydrogen) atoms. The smallest absolute Gasteiger partial charge is 0.231 e. The highest BCUT2D eigenvalue weighted by atomic mass is 16.5. The number of hydrogen-bond donors (Lipinski definition) is 1. The van der Waals surface area contributed by atoms with Gasteiger partial charge in [0.05, 0.1) is 25.2 Å². The minimum Gasteiger partial charge on any atom is -0.480 e. The maximum atomic E-state index is 4.92. The Morgan fingerprint density at radius 1 is 1.29 bits per heavy atom. The average Bonchev–Trinajstić information content (AvgIpc) is 2.14.